The normalized spacial score (nSPS) is 11.3. The van der Waals surface area contributed by atoms with Gasteiger partial charge in [-0.15, -0.1) is 0 Å². The average molecular weight is 344 g/mol. The highest BCUT2D eigenvalue weighted by Gasteiger charge is 2.14. The van der Waals surface area contributed by atoms with Gasteiger partial charge in [0.2, 0.25) is 10.0 Å². The molecule has 0 aromatic heterocycles. The maximum atomic E-state index is 13.4. The van der Waals surface area contributed by atoms with Gasteiger partial charge in [0.1, 0.15) is 5.82 Å². The molecule has 19 heavy (non-hydrogen) atoms. The Morgan fingerprint density at radius 3 is 2.53 bits per heavy atom. The smallest absolute Gasteiger partial charge is 0.237 e. The molecule has 0 saturated carbocycles. The van der Waals surface area contributed by atoms with Gasteiger partial charge in [0.05, 0.1) is 5.75 Å². The van der Waals surface area contributed by atoms with Crippen molar-refractivity contribution in [2.24, 2.45) is 0 Å². The van der Waals surface area contributed by atoms with Crippen LogP contribution in [-0.2, 0) is 15.8 Å². The molecule has 0 atom stereocenters. The van der Waals surface area contributed by atoms with Crippen molar-refractivity contribution >= 4 is 31.6 Å². The molecule has 2 aromatic rings. The first kappa shape index (κ1) is 14.0. The van der Waals surface area contributed by atoms with Crippen LogP contribution >= 0.6 is 15.9 Å². The lowest BCUT2D eigenvalue weighted by molar-refractivity contribution is 0.591. The van der Waals surface area contributed by atoms with Gasteiger partial charge in [-0.2, -0.15) is 0 Å². The molecule has 0 bridgehead atoms. The van der Waals surface area contributed by atoms with Crippen molar-refractivity contribution < 1.29 is 12.8 Å². The minimum Gasteiger partial charge on any atom is -0.283 e. The molecule has 0 aliphatic rings. The van der Waals surface area contributed by atoms with E-state index in [-0.39, 0.29) is 5.56 Å². The fourth-order valence-corrected chi connectivity index (χ4v) is 3.19. The zero-order valence-electron chi connectivity index (χ0n) is 9.81. The Labute approximate surface area is 119 Å². The van der Waals surface area contributed by atoms with Crippen molar-refractivity contribution in [2.45, 2.75) is 5.75 Å². The van der Waals surface area contributed by atoms with Crippen molar-refractivity contribution in [3.05, 3.63) is 64.4 Å². The summed E-state index contributed by atoms with van der Waals surface area (Å²) in [4.78, 5) is 0. The van der Waals surface area contributed by atoms with Gasteiger partial charge < -0.3 is 0 Å². The Morgan fingerprint density at radius 2 is 1.84 bits per heavy atom. The minimum absolute atomic E-state index is 0.144. The van der Waals surface area contributed by atoms with Crippen LogP contribution in [0.3, 0.4) is 0 Å². The second kappa shape index (κ2) is 5.71. The quantitative estimate of drug-likeness (QED) is 0.922. The topological polar surface area (TPSA) is 46.2 Å². The van der Waals surface area contributed by atoms with Crippen LogP contribution in [0.5, 0.6) is 0 Å². The molecule has 100 valence electrons. The van der Waals surface area contributed by atoms with Crippen molar-refractivity contribution in [1.82, 2.24) is 0 Å². The Morgan fingerprint density at radius 1 is 1.11 bits per heavy atom. The Kier molecular flexibility index (Phi) is 4.21. The molecular formula is C13H11BrFNO2S. The van der Waals surface area contributed by atoms with E-state index >= 15 is 0 Å². The molecule has 0 fully saturated rings. The first-order chi connectivity index (χ1) is 8.96. The van der Waals surface area contributed by atoms with Crippen LogP contribution in [0.1, 0.15) is 5.56 Å². The van der Waals surface area contributed by atoms with E-state index in [1.165, 1.54) is 18.2 Å². The Bertz CT molecular complexity index is 689. The summed E-state index contributed by atoms with van der Waals surface area (Å²) in [5.74, 6) is -0.922. The lowest BCUT2D eigenvalue weighted by atomic mass is 10.2. The molecule has 1 N–H and O–H groups in total. The van der Waals surface area contributed by atoms with Gasteiger partial charge in [-0.25, -0.2) is 12.8 Å². The number of rotatable bonds is 4. The van der Waals surface area contributed by atoms with Crippen LogP contribution in [0.15, 0.2) is 53.0 Å². The number of halogens is 2. The SMILES string of the molecule is O=S(=O)(Cc1ccccc1F)Nc1cccc(Br)c1. The summed E-state index contributed by atoms with van der Waals surface area (Å²) in [6.07, 6.45) is 0. The number of benzene rings is 2. The number of sulfonamides is 1. The van der Waals surface area contributed by atoms with E-state index in [9.17, 15) is 12.8 Å². The summed E-state index contributed by atoms with van der Waals surface area (Å²) in [5.41, 5.74) is 0.579. The summed E-state index contributed by atoms with van der Waals surface area (Å²) in [6, 6.07) is 12.6. The zero-order chi connectivity index (χ0) is 13.9. The average Bonchev–Trinajstić information content (AvgIpc) is 2.31. The molecule has 0 radical (unpaired) electrons. The highest BCUT2D eigenvalue weighted by molar-refractivity contribution is 9.10. The second-order valence-electron chi connectivity index (χ2n) is 3.96. The highest BCUT2D eigenvalue weighted by Crippen LogP contribution is 2.18. The monoisotopic (exact) mass is 343 g/mol. The third kappa shape index (κ3) is 4.04. The van der Waals surface area contributed by atoms with Gasteiger partial charge in [-0.3, -0.25) is 4.72 Å². The Hall–Kier alpha value is -1.40. The molecule has 2 rings (SSSR count). The van der Waals surface area contributed by atoms with Crippen LogP contribution in [0, 0.1) is 5.82 Å². The van der Waals surface area contributed by atoms with Crippen LogP contribution < -0.4 is 4.72 Å². The van der Waals surface area contributed by atoms with E-state index in [2.05, 4.69) is 20.7 Å². The van der Waals surface area contributed by atoms with Crippen molar-refractivity contribution in [3.63, 3.8) is 0 Å². The number of hydrogen-bond donors (Lipinski definition) is 1. The summed E-state index contributed by atoms with van der Waals surface area (Å²) in [6.45, 7) is 0. The zero-order valence-corrected chi connectivity index (χ0v) is 12.2. The van der Waals surface area contributed by atoms with Gasteiger partial charge in [0, 0.05) is 15.7 Å². The van der Waals surface area contributed by atoms with Crippen LogP contribution in [0.2, 0.25) is 0 Å². The molecule has 6 heteroatoms. The summed E-state index contributed by atoms with van der Waals surface area (Å²) in [7, 11) is -3.64. The largest absolute Gasteiger partial charge is 0.283 e. The summed E-state index contributed by atoms with van der Waals surface area (Å²) >= 11 is 3.25. The molecule has 3 nitrogen and oxygen atoms in total. The van der Waals surface area contributed by atoms with E-state index in [0.29, 0.717) is 5.69 Å². The van der Waals surface area contributed by atoms with Crippen LogP contribution in [-0.4, -0.2) is 8.42 Å². The number of nitrogens with one attached hydrogen (secondary N) is 1. The first-order valence-corrected chi connectivity index (χ1v) is 7.90. The third-order valence-electron chi connectivity index (χ3n) is 2.40. The van der Waals surface area contributed by atoms with Crippen molar-refractivity contribution in [3.8, 4) is 0 Å². The van der Waals surface area contributed by atoms with Gasteiger partial charge in [-0.05, 0) is 24.3 Å². The third-order valence-corrected chi connectivity index (χ3v) is 4.13. The molecule has 0 spiro atoms. The predicted molar refractivity (Wildman–Crippen MR) is 76.8 cm³/mol. The minimum atomic E-state index is -3.64. The molecule has 0 unspecified atom stereocenters. The predicted octanol–water partition coefficient (Wildman–Crippen LogP) is 3.53. The van der Waals surface area contributed by atoms with E-state index < -0.39 is 21.6 Å². The molecular weight excluding hydrogens is 333 g/mol. The van der Waals surface area contributed by atoms with Crippen LogP contribution in [0.4, 0.5) is 10.1 Å². The number of hydrogen-bond acceptors (Lipinski definition) is 2. The maximum absolute atomic E-state index is 13.4. The first-order valence-electron chi connectivity index (χ1n) is 5.46. The number of anilines is 1. The van der Waals surface area contributed by atoms with Gasteiger partial charge in [0.15, 0.2) is 0 Å². The fraction of sp³-hybridized carbons (Fsp3) is 0.0769. The Balaban J connectivity index is 2.18. The van der Waals surface area contributed by atoms with Crippen molar-refractivity contribution in [2.75, 3.05) is 4.72 Å². The lowest BCUT2D eigenvalue weighted by Crippen LogP contribution is -2.15. The summed E-state index contributed by atoms with van der Waals surface area (Å²) < 4.78 is 40.5. The van der Waals surface area contributed by atoms with E-state index in [0.717, 1.165) is 4.47 Å². The molecule has 0 amide bonds. The molecule has 0 aliphatic heterocycles. The van der Waals surface area contributed by atoms with Gasteiger partial charge in [-0.1, -0.05) is 40.2 Å². The lowest BCUT2D eigenvalue weighted by Gasteiger charge is -2.08. The molecule has 0 saturated heterocycles. The highest BCUT2D eigenvalue weighted by atomic mass is 79.9. The molecule has 0 heterocycles. The molecule has 0 aliphatic carbocycles. The summed E-state index contributed by atoms with van der Waals surface area (Å²) in [5, 5.41) is 0. The van der Waals surface area contributed by atoms with E-state index in [1.54, 1.807) is 30.3 Å². The molecule has 2 aromatic carbocycles. The standard InChI is InChI=1S/C13H11BrFNO2S/c14-11-5-3-6-12(8-11)16-19(17,18)9-10-4-1-2-7-13(10)15/h1-8,16H,9H2. The van der Waals surface area contributed by atoms with E-state index in [4.69, 9.17) is 0 Å². The second-order valence-corrected chi connectivity index (χ2v) is 6.60. The van der Waals surface area contributed by atoms with Gasteiger partial charge >= 0.3 is 0 Å². The van der Waals surface area contributed by atoms with Crippen molar-refractivity contribution in [1.29, 1.82) is 0 Å². The maximum Gasteiger partial charge on any atom is 0.237 e. The van der Waals surface area contributed by atoms with Crippen LogP contribution in [0.25, 0.3) is 0 Å². The van der Waals surface area contributed by atoms with Gasteiger partial charge in [0.25, 0.3) is 0 Å². The van der Waals surface area contributed by atoms with E-state index in [1.807, 2.05) is 0 Å². The fourth-order valence-electron chi connectivity index (χ4n) is 1.59.